The number of para-hydroxylation sites is 2. The van der Waals surface area contributed by atoms with E-state index in [2.05, 4.69) is 158 Å². The van der Waals surface area contributed by atoms with Crippen molar-refractivity contribution in [3.63, 3.8) is 0 Å². The van der Waals surface area contributed by atoms with Crippen LogP contribution in [0, 0.1) is 0 Å². The predicted octanol–water partition coefficient (Wildman–Crippen LogP) is 13.6. The molecule has 0 saturated carbocycles. The van der Waals surface area contributed by atoms with Crippen LogP contribution in [0.4, 0.5) is 0 Å². The number of hydrogen-bond acceptors (Lipinski definition) is 3. The Morgan fingerprint density at radius 1 is 0.377 bits per heavy atom. The third kappa shape index (κ3) is 4.78. The van der Waals surface area contributed by atoms with Crippen LogP contribution in [0.25, 0.3) is 87.3 Å². The summed E-state index contributed by atoms with van der Waals surface area (Å²) in [5, 5.41) is 12.1. The van der Waals surface area contributed by atoms with E-state index in [1.807, 2.05) is 18.2 Å². The zero-order valence-electron chi connectivity index (χ0n) is 28.7. The van der Waals surface area contributed by atoms with Gasteiger partial charge in [0.2, 0.25) is 0 Å². The monoisotopic (exact) mass is 677 g/mol. The highest BCUT2D eigenvalue weighted by Crippen LogP contribution is 2.39. The predicted molar refractivity (Wildman–Crippen MR) is 221 cm³/mol. The van der Waals surface area contributed by atoms with E-state index in [4.69, 9.17) is 13.8 Å². The van der Waals surface area contributed by atoms with Crippen LogP contribution >= 0.6 is 0 Å². The van der Waals surface area contributed by atoms with Crippen molar-refractivity contribution in [3.05, 3.63) is 193 Å². The minimum absolute atomic E-state index is 0.499. The molecule has 2 aromatic heterocycles. The summed E-state index contributed by atoms with van der Waals surface area (Å²) in [4.78, 5) is 5.25. The van der Waals surface area contributed by atoms with E-state index in [0.717, 1.165) is 71.8 Å². The first-order chi connectivity index (χ1) is 26.3. The highest BCUT2D eigenvalue weighted by Gasteiger charge is 2.17. The second-order valence-corrected chi connectivity index (χ2v) is 13.8. The van der Waals surface area contributed by atoms with Crippen molar-refractivity contribution in [1.82, 2.24) is 0 Å². The zero-order chi connectivity index (χ0) is 34.9. The molecule has 0 amide bonds. The van der Waals surface area contributed by atoms with E-state index in [0.29, 0.717) is 6.54 Å². The Kier molecular flexibility index (Phi) is 6.62. The molecule has 0 saturated heterocycles. The molecule has 3 heteroatoms. The molecule has 0 bridgehead atoms. The number of hydrogen-bond donors (Lipinski definition) is 0. The largest absolute Gasteiger partial charge is 0.456 e. The molecular weight excluding hydrogens is 647 g/mol. The van der Waals surface area contributed by atoms with Crippen molar-refractivity contribution in [2.24, 2.45) is 4.99 Å². The summed E-state index contributed by atoms with van der Waals surface area (Å²) in [6.07, 6.45) is 0. The Morgan fingerprint density at radius 3 is 1.68 bits per heavy atom. The fourth-order valence-electron chi connectivity index (χ4n) is 8.22. The minimum Gasteiger partial charge on any atom is -0.456 e. The van der Waals surface area contributed by atoms with Crippen LogP contribution in [0.1, 0.15) is 16.7 Å². The number of rotatable bonds is 5. The quantitative estimate of drug-likeness (QED) is 0.134. The van der Waals surface area contributed by atoms with Crippen molar-refractivity contribution < 1.29 is 8.83 Å². The van der Waals surface area contributed by atoms with Gasteiger partial charge in [0.05, 0.1) is 12.3 Å². The summed E-state index contributed by atoms with van der Waals surface area (Å²) in [6, 6.07) is 62.2. The molecule has 0 aliphatic carbocycles. The summed E-state index contributed by atoms with van der Waals surface area (Å²) in [7, 11) is 0. The molecule has 0 radical (unpaired) electrons. The van der Waals surface area contributed by atoms with Gasteiger partial charge >= 0.3 is 0 Å². The maximum atomic E-state index is 6.57. The normalized spacial score (nSPS) is 12.3. The molecule has 248 valence electrons. The van der Waals surface area contributed by atoms with E-state index < -0.39 is 0 Å². The lowest BCUT2D eigenvalue weighted by molar-refractivity contribution is 0.667. The van der Waals surface area contributed by atoms with E-state index in [1.54, 1.807) is 0 Å². The van der Waals surface area contributed by atoms with Crippen LogP contribution in [0.5, 0.6) is 0 Å². The third-order valence-electron chi connectivity index (χ3n) is 10.7. The highest BCUT2D eigenvalue weighted by molar-refractivity contribution is 6.26. The third-order valence-corrected chi connectivity index (χ3v) is 10.7. The molecule has 2 heterocycles. The zero-order valence-corrected chi connectivity index (χ0v) is 28.7. The van der Waals surface area contributed by atoms with Gasteiger partial charge in [0.25, 0.3) is 0 Å². The average molecular weight is 678 g/mol. The van der Waals surface area contributed by atoms with Gasteiger partial charge < -0.3 is 8.83 Å². The van der Waals surface area contributed by atoms with Gasteiger partial charge in [-0.1, -0.05) is 140 Å². The Hall–Kier alpha value is -6.97. The lowest BCUT2D eigenvalue weighted by atomic mass is 9.92. The fraction of sp³-hybridized carbons (Fsp3) is 0.0200. The van der Waals surface area contributed by atoms with E-state index in [-0.39, 0.29) is 0 Å². The second-order valence-electron chi connectivity index (χ2n) is 13.8. The maximum Gasteiger partial charge on any atom is 0.144 e. The van der Waals surface area contributed by atoms with E-state index >= 15 is 0 Å². The molecule has 0 spiro atoms. The van der Waals surface area contributed by atoms with Crippen LogP contribution in [-0.4, -0.2) is 5.71 Å². The molecule has 0 aliphatic heterocycles. The second kappa shape index (κ2) is 11.8. The number of nitrogens with zero attached hydrogens (tertiary/aromatic N) is 1. The smallest absolute Gasteiger partial charge is 0.144 e. The molecule has 9 aromatic carbocycles. The molecule has 3 nitrogen and oxygen atoms in total. The molecule has 0 atom stereocenters. The lowest BCUT2D eigenvalue weighted by Crippen LogP contribution is -2.04. The van der Waals surface area contributed by atoms with Crippen molar-refractivity contribution in [3.8, 4) is 11.1 Å². The van der Waals surface area contributed by atoms with Crippen molar-refractivity contribution >= 4 is 81.9 Å². The van der Waals surface area contributed by atoms with Crippen molar-refractivity contribution in [2.45, 2.75) is 6.54 Å². The molecular formula is C50H31NO2. The first-order valence-electron chi connectivity index (χ1n) is 18.1. The molecule has 0 fully saturated rings. The van der Waals surface area contributed by atoms with Crippen LogP contribution < -0.4 is 0 Å². The molecule has 11 rings (SSSR count). The first kappa shape index (κ1) is 29.7. The number of benzene rings is 9. The van der Waals surface area contributed by atoms with Crippen molar-refractivity contribution in [2.75, 3.05) is 0 Å². The van der Waals surface area contributed by atoms with Gasteiger partial charge in [0, 0.05) is 32.7 Å². The standard InChI is InChI=1S/C50H31NO2/c1-2-11-32(12-3-1)49(44-19-10-18-43-40-17-8-9-20-46(40)53-50(43)44)51-30-31-21-24-41-42-26-23-34(29-48(42)52-47(41)27-31)33-22-25-39-37-15-5-4-13-35(37)36-14-6-7-16-38(36)45(39)28-33/h1-29H,30H2/b51-49-. The summed E-state index contributed by atoms with van der Waals surface area (Å²) in [5.74, 6) is 0. The Bertz CT molecular complexity index is 3220. The van der Waals surface area contributed by atoms with Crippen LogP contribution in [0.2, 0.25) is 0 Å². The van der Waals surface area contributed by atoms with Gasteiger partial charge in [-0.2, -0.15) is 0 Å². The van der Waals surface area contributed by atoms with Crippen LogP contribution in [0.15, 0.2) is 190 Å². The van der Waals surface area contributed by atoms with Gasteiger partial charge in [0.1, 0.15) is 22.3 Å². The topological polar surface area (TPSA) is 38.6 Å². The maximum absolute atomic E-state index is 6.57. The molecule has 11 aromatic rings. The number of aliphatic imine (C=N–C) groups is 1. The first-order valence-corrected chi connectivity index (χ1v) is 18.1. The lowest BCUT2D eigenvalue weighted by Gasteiger charge is -2.12. The summed E-state index contributed by atoms with van der Waals surface area (Å²) in [6.45, 7) is 0.499. The van der Waals surface area contributed by atoms with E-state index in [1.165, 1.54) is 37.9 Å². The Labute approximate surface area is 305 Å². The van der Waals surface area contributed by atoms with E-state index in [9.17, 15) is 0 Å². The SMILES string of the molecule is c1ccc(/C(=N/Cc2ccc3c(c2)oc2cc(-c4ccc5c6ccccc6c6ccccc6c5c4)ccc23)c2cccc3c2oc2ccccc23)cc1. The van der Waals surface area contributed by atoms with Gasteiger partial charge in [-0.3, -0.25) is 4.99 Å². The molecule has 53 heavy (non-hydrogen) atoms. The molecule has 0 aliphatic rings. The van der Waals surface area contributed by atoms with Gasteiger partial charge in [0.15, 0.2) is 0 Å². The Balaban J connectivity index is 0.981. The van der Waals surface area contributed by atoms with Crippen LogP contribution in [-0.2, 0) is 6.54 Å². The van der Waals surface area contributed by atoms with Gasteiger partial charge in [-0.05, 0) is 85.4 Å². The van der Waals surface area contributed by atoms with Crippen LogP contribution in [0.3, 0.4) is 0 Å². The number of furan rings is 2. The highest BCUT2D eigenvalue weighted by atomic mass is 16.3. The summed E-state index contributed by atoms with van der Waals surface area (Å²) >= 11 is 0. The van der Waals surface area contributed by atoms with Gasteiger partial charge in [-0.15, -0.1) is 0 Å². The van der Waals surface area contributed by atoms with Gasteiger partial charge in [-0.25, -0.2) is 0 Å². The summed E-state index contributed by atoms with van der Waals surface area (Å²) in [5.41, 5.74) is 9.79. The van der Waals surface area contributed by atoms with Crippen molar-refractivity contribution in [1.29, 1.82) is 0 Å². The molecule has 0 N–H and O–H groups in total. The molecule has 0 unspecified atom stereocenters. The Morgan fingerprint density at radius 2 is 0.925 bits per heavy atom. The number of fused-ring (bicyclic) bond motifs is 12. The summed E-state index contributed by atoms with van der Waals surface area (Å²) < 4.78 is 13.0. The minimum atomic E-state index is 0.499. The average Bonchev–Trinajstić information content (AvgIpc) is 3.79. The fourth-order valence-corrected chi connectivity index (χ4v) is 8.22.